The fraction of sp³-hybridized carbons (Fsp3) is 0.429. The number of carbonyl (C=O) groups excluding carboxylic acids is 2. The molecule has 1 atom stereocenters. The molecule has 0 spiro atoms. The summed E-state index contributed by atoms with van der Waals surface area (Å²) in [4.78, 5) is 22.7. The Morgan fingerprint density at radius 3 is 2.57 bits per heavy atom. The van der Waals surface area contributed by atoms with Gasteiger partial charge in [0, 0.05) is 18.8 Å². The summed E-state index contributed by atoms with van der Waals surface area (Å²) in [7, 11) is 0. The first-order valence-corrected chi connectivity index (χ1v) is 6.79. The second-order valence-electron chi connectivity index (χ2n) is 4.95. The number of benzene rings is 1. The zero-order valence-corrected chi connectivity index (χ0v) is 12.5. The fourth-order valence-corrected chi connectivity index (χ4v) is 2.22. The van der Waals surface area contributed by atoms with E-state index in [4.69, 9.17) is 5.73 Å². The van der Waals surface area contributed by atoms with E-state index in [1.54, 1.807) is 0 Å². The number of rotatable bonds is 4. The van der Waals surface area contributed by atoms with Crippen LogP contribution in [0.3, 0.4) is 0 Å². The summed E-state index contributed by atoms with van der Waals surface area (Å²) in [6.07, 6.45) is 1.97. The predicted molar refractivity (Wildman–Crippen MR) is 84.3 cm³/mol. The molecule has 1 saturated heterocycles. The summed E-state index contributed by atoms with van der Waals surface area (Å²) >= 11 is 0. The van der Waals surface area contributed by atoms with Gasteiger partial charge in [-0.25, -0.2) is 4.79 Å². The Morgan fingerprint density at radius 1 is 1.29 bits per heavy atom. The van der Waals surface area contributed by atoms with Crippen molar-refractivity contribution in [3.05, 3.63) is 29.8 Å². The van der Waals surface area contributed by atoms with Crippen molar-refractivity contribution in [3.8, 4) is 0 Å². The number of piperidine rings is 1. The third kappa shape index (κ3) is 5.61. The van der Waals surface area contributed by atoms with Gasteiger partial charge in [0.2, 0.25) is 5.91 Å². The normalized spacial score (nSPS) is 17.4. The summed E-state index contributed by atoms with van der Waals surface area (Å²) in [6.45, 7) is 2.12. The van der Waals surface area contributed by atoms with Crippen LogP contribution in [0.5, 0.6) is 0 Å². The third-order valence-corrected chi connectivity index (χ3v) is 3.36. The third-order valence-electron chi connectivity index (χ3n) is 3.36. The Hall–Kier alpha value is -1.79. The lowest BCUT2D eigenvalue weighted by molar-refractivity contribution is -0.120. The first-order valence-electron chi connectivity index (χ1n) is 6.79. The Bertz CT molecular complexity index is 472. The molecule has 1 heterocycles. The van der Waals surface area contributed by atoms with Crippen molar-refractivity contribution in [2.24, 2.45) is 11.7 Å². The average molecular weight is 313 g/mol. The van der Waals surface area contributed by atoms with Crippen LogP contribution in [0.2, 0.25) is 0 Å². The highest BCUT2D eigenvalue weighted by Gasteiger charge is 2.20. The van der Waals surface area contributed by atoms with E-state index in [1.807, 2.05) is 24.3 Å². The smallest absolute Gasteiger partial charge is 0.312 e. The first kappa shape index (κ1) is 17.3. The number of carbonyl (C=O) groups is 2. The molecule has 6 nitrogen and oxygen atoms in total. The number of nitrogens with two attached hydrogens (primary N) is 1. The second-order valence-corrected chi connectivity index (χ2v) is 4.95. The quantitative estimate of drug-likeness (QED) is 0.673. The molecule has 2 rings (SSSR count). The molecule has 1 fully saturated rings. The topological polar surface area (TPSA) is 96.2 Å². The molecular formula is C14H21ClN4O2. The van der Waals surface area contributed by atoms with Gasteiger partial charge in [-0.15, -0.1) is 12.4 Å². The maximum atomic E-state index is 12.0. The fourth-order valence-electron chi connectivity index (χ4n) is 2.22. The Morgan fingerprint density at radius 2 is 2.00 bits per heavy atom. The predicted octanol–water partition coefficient (Wildman–Crippen LogP) is 1.21. The Labute approximate surface area is 130 Å². The monoisotopic (exact) mass is 312 g/mol. The second kappa shape index (κ2) is 8.49. The largest absolute Gasteiger partial charge is 0.352 e. The molecular weight excluding hydrogens is 292 g/mol. The molecule has 1 aromatic rings. The highest BCUT2D eigenvalue weighted by molar-refractivity contribution is 5.92. The van der Waals surface area contributed by atoms with Crippen LogP contribution in [0.25, 0.3) is 0 Å². The van der Waals surface area contributed by atoms with Gasteiger partial charge in [-0.3, -0.25) is 4.79 Å². The molecule has 0 aromatic heterocycles. The van der Waals surface area contributed by atoms with Crippen LogP contribution in [0.1, 0.15) is 18.4 Å². The summed E-state index contributed by atoms with van der Waals surface area (Å²) < 4.78 is 0. The van der Waals surface area contributed by atoms with Gasteiger partial charge >= 0.3 is 6.03 Å². The summed E-state index contributed by atoms with van der Waals surface area (Å²) in [5.41, 5.74) is 6.70. The van der Waals surface area contributed by atoms with Gasteiger partial charge in [0.1, 0.15) is 0 Å². The number of amides is 3. The van der Waals surface area contributed by atoms with Gasteiger partial charge in [0.15, 0.2) is 0 Å². The number of urea groups is 1. The van der Waals surface area contributed by atoms with E-state index in [0.29, 0.717) is 6.54 Å². The first-order chi connectivity index (χ1) is 9.65. The van der Waals surface area contributed by atoms with Gasteiger partial charge in [-0.05, 0) is 37.1 Å². The summed E-state index contributed by atoms with van der Waals surface area (Å²) in [5.74, 6) is 0.0974. The lowest BCUT2D eigenvalue weighted by Crippen LogP contribution is -2.37. The number of halogens is 1. The molecule has 1 unspecified atom stereocenters. The highest BCUT2D eigenvalue weighted by Crippen LogP contribution is 2.15. The van der Waals surface area contributed by atoms with Crippen LogP contribution in [0, 0.1) is 5.92 Å². The molecule has 5 N–H and O–H groups in total. The van der Waals surface area contributed by atoms with Crippen LogP contribution in [0.4, 0.5) is 10.5 Å². The maximum Gasteiger partial charge on any atom is 0.312 e. The van der Waals surface area contributed by atoms with Crippen molar-refractivity contribution in [2.45, 2.75) is 19.4 Å². The molecule has 1 aliphatic heterocycles. The lowest BCUT2D eigenvalue weighted by Gasteiger charge is -2.21. The molecule has 0 radical (unpaired) electrons. The van der Waals surface area contributed by atoms with Crippen molar-refractivity contribution in [1.29, 1.82) is 0 Å². The van der Waals surface area contributed by atoms with E-state index >= 15 is 0 Å². The highest BCUT2D eigenvalue weighted by atomic mass is 35.5. The number of nitrogens with one attached hydrogen (secondary N) is 3. The van der Waals surface area contributed by atoms with Crippen molar-refractivity contribution in [1.82, 2.24) is 10.6 Å². The molecule has 21 heavy (non-hydrogen) atoms. The van der Waals surface area contributed by atoms with Gasteiger partial charge < -0.3 is 21.7 Å². The molecule has 7 heteroatoms. The zero-order chi connectivity index (χ0) is 14.4. The number of hydrogen-bond donors (Lipinski definition) is 4. The number of anilines is 1. The van der Waals surface area contributed by atoms with E-state index in [-0.39, 0.29) is 24.2 Å². The van der Waals surface area contributed by atoms with E-state index in [9.17, 15) is 9.59 Å². The SMILES string of the molecule is Cl.NC(=O)NCc1ccc(NC(=O)C2CCCNC2)cc1. The van der Waals surface area contributed by atoms with Crippen molar-refractivity contribution < 1.29 is 9.59 Å². The van der Waals surface area contributed by atoms with Crippen LogP contribution in [-0.4, -0.2) is 25.0 Å². The molecule has 1 aliphatic rings. The van der Waals surface area contributed by atoms with Gasteiger partial charge in [-0.2, -0.15) is 0 Å². The van der Waals surface area contributed by atoms with Crippen LogP contribution < -0.4 is 21.7 Å². The molecule has 3 amide bonds. The van der Waals surface area contributed by atoms with E-state index in [0.717, 1.165) is 37.2 Å². The van der Waals surface area contributed by atoms with Crippen molar-refractivity contribution >= 4 is 30.0 Å². The molecule has 1 aromatic carbocycles. The van der Waals surface area contributed by atoms with Crippen molar-refractivity contribution in [2.75, 3.05) is 18.4 Å². The van der Waals surface area contributed by atoms with E-state index < -0.39 is 6.03 Å². The average Bonchev–Trinajstić information content (AvgIpc) is 2.47. The van der Waals surface area contributed by atoms with Gasteiger partial charge in [-0.1, -0.05) is 12.1 Å². The van der Waals surface area contributed by atoms with Gasteiger partial charge in [0.25, 0.3) is 0 Å². The van der Waals surface area contributed by atoms with Crippen molar-refractivity contribution in [3.63, 3.8) is 0 Å². The molecule has 0 aliphatic carbocycles. The minimum absolute atomic E-state index is 0. The lowest BCUT2D eigenvalue weighted by atomic mass is 9.99. The van der Waals surface area contributed by atoms with Crippen LogP contribution in [-0.2, 0) is 11.3 Å². The minimum atomic E-state index is -0.549. The maximum absolute atomic E-state index is 12.0. The van der Waals surface area contributed by atoms with Crippen LogP contribution >= 0.6 is 12.4 Å². The minimum Gasteiger partial charge on any atom is -0.352 e. The van der Waals surface area contributed by atoms with Crippen LogP contribution in [0.15, 0.2) is 24.3 Å². The molecule has 0 saturated carbocycles. The van der Waals surface area contributed by atoms with E-state index in [2.05, 4.69) is 16.0 Å². The summed E-state index contributed by atoms with van der Waals surface area (Å²) in [5, 5.41) is 8.65. The zero-order valence-electron chi connectivity index (χ0n) is 11.7. The Balaban J connectivity index is 0.00000220. The number of hydrogen-bond acceptors (Lipinski definition) is 3. The summed E-state index contributed by atoms with van der Waals surface area (Å²) in [6, 6.07) is 6.81. The molecule has 0 bridgehead atoms. The standard InChI is InChI=1S/C14H20N4O2.ClH/c15-14(20)17-8-10-3-5-12(6-4-10)18-13(19)11-2-1-7-16-9-11;/h3-6,11,16H,1-2,7-9H2,(H,18,19)(H3,15,17,20);1H. The van der Waals surface area contributed by atoms with E-state index in [1.165, 1.54) is 0 Å². The molecule has 116 valence electrons. The van der Waals surface area contributed by atoms with Gasteiger partial charge in [0.05, 0.1) is 5.92 Å². The Kier molecular flexibility index (Phi) is 6.98. The number of primary amides is 1.